The van der Waals surface area contributed by atoms with E-state index in [0.29, 0.717) is 10.6 Å². The average Bonchev–Trinajstić information content (AvgIpc) is 2.25. The second-order valence-electron chi connectivity index (χ2n) is 3.63. The minimum absolute atomic E-state index is 0.0993. The average molecular weight is 237 g/mol. The highest BCUT2D eigenvalue weighted by molar-refractivity contribution is 6.31. The molecule has 0 saturated carbocycles. The molecule has 0 saturated heterocycles. The summed E-state index contributed by atoms with van der Waals surface area (Å²) in [5.74, 6) is -0.198. The lowest BCUT2D eigenvalue weighted by Gasteiger charge is -2.07. The highest BCUT2D eigenvalue weighted by atomic mass is 35.5. The van der Waals surface area contributed by atoms with Crippen molar-refractivity contribution >= 4 is 11.6 Å². The molecular formula is C13H10ClFO. The minimum Gasteiger partial charge on any atom is -0.507 e. The number of rotatable bonds is 1. The molecule has 82 valence electrons. The molecule has 0 atom stereocenters. The second kappa shape index (κ2) is 4.14. The number of phenolic OH excluding ortho intramolecular Hbond substituents is 1. The van der Waals surface area contributed by atoms with Crippen LogP contribution in [0.2, 0.25) is 5.02 Å². The van der Waals surface area contributed by atoms with Gasteiger partial charge in [-0.1, -0.05) is 23.7 Å². The van der Waals surface area contributed by atoms with Crippen LogP contribution in [0.4, 0.5) is 4.39 Å². The topological polar surface area (TPSA) is 20.2 Å². The maximum Gasteiger partial charge on any atom is 0.124 e. The number of aromatic hydroxyl groups is 1. The van der Waals surface area contributed by atoms with Crippen molar-refractivity contribution in [2.24, 2.45) is 0 Å². The Morgan fingerprint density at radius 2 is 1.75 bits per heavy atom. The molecule has 16 heavy (non-hydrogen) atoms. The fraction of sp³-hybridized carbons (Fsp3) is 0.0769. The first-order chi connectivity index (χ1) is 7.58. The summed E-state index contributed by atoms with van der Waals surface area (Å²) < 4.78 is 12.8. The van der Waals surface area contributed by atoms with Crippen LogP contribution in [0, 0.1) is 12.7 Å². The van der Waals surface area contributed by atoms with Crippen LogP contribution < -0.4 is 0 Å². The van der Waals surface area contributed by atoms with Gasteiger partial charge in [-0.05, 0) is 42.3 Å². The Balaban J connectivity index is 2.56. The zero-order valence-electron chi connectivity index (χ0n) is 8.67. The monoisotopic (exact) mass is 236 g/mol. The van der Waals surface area contributed by atoms with Gasteiger partial charge in [-0.2, -0.15) is 0 Å². The van der Waals surface area contributed by atoms with Gasteiger partial charge in [0.15, 0.2) is 0 Å². The van der Waals surface area contributed by atoms with E-state index in [4.69, 9.17) is 11.6 Å². The maximum atomic E-state index is 12.8. The summed E-state index contributed by atoms with van der Waals surface area (Å²) in [4.78, 5) is 0. The summed E-state index contributed by atoms with van der Waals surface area (Å²) in [5.41, 5.74) is 2.29. The fourth-order valence-electron chi connectivity index (χ4n) is 1.53. The highest BCUT2D eigenvalue weighted by Crippen LogP contribution is 2.33. The largest absolute Gasteiger partial charge is 0.507 e. The van der Waals surface area contributed by atoms with Gasteiger partial charge in [0.05, 0.1) is 0 Å². The Hall–Kier alpha value is -1.54. The molecule has 2 aromatic rings. The fourth-order valence-corrected chi connectivity index (χ4v) is 1.69. The van der Waals surface area contributed by atoms with Crippen LogP contribution in [0.15, 0.2) is 36.4 Å². The van der Waals surface area contributed by atoms with Gasteiger partial charge in [0.1, 0.15) is 11.6 Å². The van der Waals surface area contributed by atoms with E-state index in [9.17, 15) is 9.50 Å². The quantitative estimate of drug-likeness (QED) is 0.788. The summed E-state index contributed by atoms with van der Waals surface area (Å²) in [5, 5.41) is 10.3. The predicted molar refractivity (Wildman–Crippen MR) is 63.2 cm³/mol. The Morgan fingerprint density at radius 3 is 2.38 bits per heavy atom. The molecule has 0 spiro atoms. The van der Waals surface area contributed by atoms with E-state index in [2.05, 4.69) is 0 Å². The molecule has 1 N–H and O–H groups in total. The van der Waals surface area contributed by atoms with Crippen LogP contribution in [-0.2, 0) is 0 Å². The van der Waals surface area contributed by atoms with Gasteiger partial charge >= 0.3 is 0 Å². The molecule has 0 amide bonds. The van der Waals surface area contributed by atoms with Crippen LogP contribution >= 0.6 is 11.6 Å². The molecule has 2 rings (SSSR count). The number of phenols is 1. The Bertz CT molecular complexity index is 520. The molecule has 0 aliphatic carbocycles. The van der Waals surface area contributed by atoms with Crippen molar-refractivity contribution in [1.82, 2.24) is 0 Å². The molecule has 0 radical (unpaired) electrons. The Kier molecular flexibility index (Phi) is 2.84. The van der Waals surface area contributed by atoms with Gasteiger partial charge in [0, 0.05) is 10.6 Å². The van der Waals surface area contributed by atoms with Crippen molar-refractivity contribution < 1.29 is 9.50 Å². The first-order valence-electron chi connectivity index (χ1n) is 4.83. The number of hydrogen-bond acceptors (Lipinski definition) is 1. The Labute approximate surface area is 98.1 Å². The van der Waals surface area contributed by atoms with E-state index >= 15 is 0 Å². The molecule has 0 bridgehead atoms. The minimum atomic E-state index is -0.297. The van der Waals surface area contributed by atoms with Gasteiger partial charge in [-0.15, -0.1) is 0 Å². The summed E-state index contributed by atoms with van der Waals surface area (Å²) >= 11 is 5.88. The lowest BCUT2D eigenvalue weighted by atomic mass is 10.0. The van der Waals surface area contributed by atoms with E-state index in [1.807, 2.05) is 6.92 Å². The molecule has 1 nitrogen and oxygen atoms in total. The highest BCUT2D eigenvalue weighted by Gasteiger charge is 2.07. The summed E-state index contributed by atoms with van der Waals surface area (Å²) in [6.07, 6.45) is 0. The SMILES string of the molecule is Cc1cc(-c2ccc(F)cc2)c(O)cc1Cl. The lowest BCUT2D eigenvalue weighted by Crippen LogP contribution is -1.83. The predicted octanol–water partition coefficient (Wildman–Crippen LogP) is 4.16. The number of halogens is 2. The first-order valence-corrected chi connectivity index (χ1v) is 5.21. The number of benzene rings is 2. The van der Waals surface area contributed by atoms with Crippen molar-refractivity contribution in [3.63, 3.8) is 0 Å². The number of aryl methyl sites for hydroxylation is 1. The van der Waals surface area contributed by atoms with Crippen molar-refractivity contribution in [3.8, 4) is 16.9 Å². The standard InChI is InChI=1S/C13H10ClFO/c1-8-6-11(13(16)7-12(8)14)9-2-4-10(15)5-3-9/h2-7,16H,1H3. The molecule has 0 aromatic heterocycles. The van der Waals surface area contributed by atoms with Crippen molar-refractivity contribution in [1.29, 1.82) is 0 Å². The zero-order chi connectivity index (χ0) is 11.7. The third-order valence-electron chi connectivity index (χ3n) is 2.43. The van der Waals surface area contributed by atoms with Gasteiger partial charge in [0.25, 0.3) is 0 Å². The zero-order valence-corrected chi connectivity index (χ0v) is 9.42. The van der Waals surface area contributed by atoms with E-state index in [0.717, 1.165) is 11.1 Å². The summed E-state index contributed by atoms with van der Waals surface area (Å²) in [6.45, 7) is 1.86. The first kappa shape index (κ1) is 11.0. The third kappa shape index (κ3) is 2.02. The normalized spacial score (nSPS) is 10.4. The molecular weight excluding hydrogens is 227 g/mol. The molecule has 2 aromatic carbocycles. The lowest BCUT2D eigenvalue weighted by molar-refractivity contribution is 0.477. The molecule has 0 fully saturated rings. The summed E-state index contributed by atoms with van der Waals surface area (Å²) in [6, 6.07) is 9.24. The maximum absolute atomic E-state index is 12.8. The van der Waals surface area contributed by atoms with Crippen LogP contribution in [0.1, 0.15) is 5.56 Å². The number of hydrogen-bond donors (Lipinski definition) is 1. The van der Waals surface area contributed by atoms with E-state index in [1.165, 1.54) is 18.2 Å². The van der Waals surface area contributed by atoms with Gasteiger partial charge < -0.3 is 5.11 Å². The van der Waals surface area contributed by atoms with Crippen LogP contribution in [0.25, 0.3) is 11.1 Å². The van der Waals surface area contributed by atoms with Gasteiger partial charge in [0.2, 0.25) is 0 Å². The smallest absolute Gasteiger partial charge is 0.124 e. The summed E-state index contributed by atoms with van der Waals surface area (Å²) in [7, 11) is 0. The van der Waals surface area contributed by atoms with Crippen molar-refractivity contribution in [2.45, 2.75) is 6.92 Å². The van der Waals surface area contributed by atoms with E-state index in [1.54, 1.807) is 18.2 Å². The third-order valence-corrected chi connectivity index (χ3v) is 2.84. The second-order valence-corrected chi connectivity index (χ2v) is 4.03. The van der Waals surface area contributed by atoms with Crippen molar-refractivity contribution in [2.75, 3.05) is 0 Å². The molecule has 0 heterocycles. The van der Waals surface area contributed by atoms with E-state index in [-0.39, 0.29) is 11.6 Å². The molecule has 0 aliphatic rings. The molecule has 0 aliphatic heterocycles. The molecule has 3 heteroatoms. The van der Waals surface area contributed by atoms with Gasteiger partial charge in [-0.25, -0.2) is 4.39 Å². The van der Waals surface area contributed by atoms with Crippen molar-refractivity contribution in [3.05, 3.63) is 52.8 Å². The van der Waals surface area contributed by atoms with Crippen LogP contribution in [-0.4, -0.2) is 5.11 Å². The van der Waals surface area contributed by atoms with Crippen LogP contribution in [0.3, 0.4) is 0 Å². The molecule has 0 unspecified atom stereocenters. The van der Waals surface area contributed by atoms with Crippen LogP contribution in [0.5, 0.6) is 5.75 Å². The Morgan fingerprint density at radius 1 is 1.12 bits per heavy atom. The van der Waals surface area contributed by atoms with E-state index < -0.39 is 0 Å². The van der Waals surface area contributed by atoms with Gasteiger partial charge in [-0.3, -0.25) is 0 Å².